The topological polar surface area (TPSA) is 36.3 Å². The lowest BCUT2D eigenvalue weighted by atomic mass is 9.91. The second-order valence-corrected chi connectivity index (χ2v) is 12.7. The first kappa shape index (κ1) is 27.8. The van der Waals surface area contributed by atoms with E-state index >= 15 is 0 Å². The van der Waals surface area contributed by atoms with Gasteiger partial charge >= 0.3 is 0 Å². The van der Waals surface area contributed by atoms with E-state index in [1.807, 2.05) is 18.3 Å². The SMILES string of the molecule is Cc1ccccc1-n1c(C)cc(C2C(c3ccccn3)NC(=S)N2c2ccc(N3CC(C)CC(C)C3)c(Cl)c2)c1C. The minimum Gasteiger partial charge on any atom is -0.370 e. The van der Waals surface area contributed by atoms with Crippen molar-refractivity contribution in [1.29, 1.82) is 0 Å². The lowest BCUT2D eigenvalue weighted by Gasteiger charge is -2.37. The molecule has 2 aromatic carbocycles. The molecule has 2 saturated heterocycles. The second-order valence-electron chi connectivity index (χ2n) is 11.9. The normalized spacial score (nSPS) is 22.7. The molecule has 4 aromatic rings. The predicted molar refractivity (Wildman–Crippen MR) is 175 cm³/mol. The Labute approximate surface area is 254 Å². The van der Waals surface area contributed by atoms with Crippen LogP contribution in [0.3, 0.4) is 0 Å². The van der Waals surface area contributed by atoms with Crippen molar-refractivity contribution < 1.29 is 0 Å². The molecule has 4 heterocycles. The largest absolute Gasteiger partial charge is 0.370 e. The van der Waals surface area contributed by atoms with Crippen molar-refractivity contribution in [2.75, 3.05) is 22.9 Å². The third-order valence-electron chi connectivity index (χ3n) is 8.66. The summed E-state index contributed by atoms with van der Waals surface area (Å²) in [5, 5.41) is 5.05. The van der Waals surface area contributed by atoms with E-state index < -0.39 is 0 Å². The fourth-order valence-corrected chi connectivity index (χ4v) is 7.62. The average Bonchev–Trinajstić information content (AvgIpc) is 3.43. The van der Waals surface area contributed by atoms with E-state index in [4.69, 9.17) is 28.8 Å². The molecule has 4 atom stereocenters. The number of rotatable bonds is 5. The maximum absolute atomic E-state index is 7.04. The molecule has 1 N–H and O–H groups in total. The Morgan fingerprint density at radius 2 is 1.63 bits per heavy atom. The summed E-state index contributed by atoms with van der Waals surface area (Å²) < 4.78 is 2.36. The minimum atomic E-state index is -0.114. The number of nitrogens with one attached hydrogen (secondary N) is 1. The third-order valence-corrected chi connectivity index (χ3v) is 9.28. The van der Waals surface area contributed by atoms with E-state index in [0.29, 0.717) is 16.9 Å². The number of halogens is 1. The van der Waals surface area contributed by atoms with Crippen molar-refractivity contribution in [3.63, 3.8) is 0 Å². The number of thiocarbonyl (C=S) groups is 1. The fraction of sp³-hybridized carbons (Fsp3) is 0.353. The molecule has 0 radical (unpaired) electrons. The van der Waals surface area contributed by atoms with Gasteiger partial charge < -0.3 is 19.7 Å². The predicted octanol–water partition coefficient (Wildman–Crippen LogP) is 8.11. The standard InChI is InChI=1S/C34H38ClN5S/c1-21-16-22(2)20-38(19-21)31-14-13-26(18-28(31)35)40-33(32(37-34(40)41)29-11-8-9-15-36-29)27-17-24(4)39(25(27)5)30-12-7-6-10-23(30)3/h6-15,17-18,21-22,32-33H,16,19-20H2,1-5H3,(H,37,41). The zero-order chi connectivity index (χ0) is 28.8. The number of piperidine rings is 1. The summed E-state index contributed by atoms with van der Waals surface area (Å²) in [6.45, 7) is 13.3. The number of para-hydroxylation sites is 1. The van der Waals surface area contributed by atoms with Gasteiger partial charge in [-0.25, -0.2) is 0 Å². The van der Waals surface area contributed by atoms with Crippen LogP contribution in [0, 0.1) is 32.6 Å². The number of aromatic nitrogens is 2. The highest BCUT2D eigenvalue weighted by molar-refractivity contribution is 7.80. The first-order valence-corrected chi connectivity index (χ1v) is 15.3. The molecule has 2 aromatic heterocycles. The Kier molecular flexibility index (Phi) is 7.56. The molecule has 0 aliphatic carbocycles. The van der Waals surface area contributed by atoms with Crippen molar-refractivity contribution in [2.24, 2.45) is 11.8 Å². The van der Waals surface area contributed by atoms with Gasteiger partial charge in [0, 0.05) is 42.0 Å². The van der Waals surface area contributed by atoms with Crippen molar-refractivity contribution in [2.45, 2.75) is 53.1 Å². The van der Waals surface area contributed by atoms with Crippen LogP contribution in [0.25, 0.3) is 5.69 Å². The highest BCUT2D eigenvalue weighted by atomic mass is 35.5. The molecule has 2 aliphatic rings. The summed E-state index contributed by atoms with van der Waals surface area (Å²) >= 11 is 13.1. The van der Waals surface area contributed by atoms with Crippen LogP contribution >= 0.6 is 23.8 Å². The summed E-state index contributed by atoms with van der Waals surface area (Å²) in [5.41, 5.74) is 9.07. The van der Waals surface area contributed by atoms with Crippen LogP contribution < -0.4 is 15.1 Å². The Morgan fingerprint density at radius 3 is 2.32 bits per heavy atom. The molecular formula is C34H38ClN5S. The number of pyridine rings is 1. The molecule has 0 amide bonds. The number of hydrogen-bond donors (Lipinski definition) is 1. The highest BCUT2D eigenvalue weighted by Crippen LogP contribution is 2.45. The molecular weight excluding hydrogens is 546 g/mol. The average molecular weight is 584 g/mol. The fourth-order valence-electron chi connectivity index (χ4n) is 6.98. The quantitative estimate of drug-likeness (QED) is 0.240. The van der Waals surface area contributed by atoms with Crippen LogP contribution in [0.15, 0.2) is 72.9 Å². The number of aryl methyl sites for hydroxylation is 2. The zero-order valence-electron chi connectivity index (χ0n) is 24.4. The van der Waals surface area contributed by atoms with Crippen LogP contribution in [-0.4, -0.2) is 27.8 Å². The summed E-state index contributed by atoms with van der Waals surface area (Å²) in [6.07, 6.45) is 3.11. The van der Waals surface area contributed by atoms with Crippen molar-refractivity contribution in [1.82, 2.24) is 14.9 Å². The van der Waals surface area contributed by atoms with Gasteiger partial charge in [-0.1, -0.05) is 49.7 Å². The number of anilines is 2. The Bertz CT molecular complexity index is 1570. The number of benzene rings is 2. The van der Waals surface area contributed by atoms with Gasteiger partial charge in [0.2, 0.25) is 0 Å². The van der Waals surface area contributed by atoms with Crippen LogP contribution in [0.4, 0.5) is 11.4 Å². The maximum Gasteiger partial charge on any atom is 0.174 e. The first-order valence-electron chi connectivity index (χ1n) is 14.5. The van der Waals surface area contributed by atoms with E-state index in [1.54, 1.807) is 0 Å². The summed E-state index contributed by atoms with van der Waals surface area (Å²) in [7, 11) is 0. The smallest absolute Gasteiger partial charge is 0.174 e. The highest BCUT2D eigenvalue weighted by Gasteiger charge is 2.42. The van der Waals surface area contributed by atoms with Crippen molar-refractivity contribution >= 4 is 40.3 Å². The van der Waals surface area contributed by atoms with E-state index in [2.05, 4.69) is 109 Å². The molecule has 41 heavy (non-hydrogen) atoms. The van der Waals surface area contributed by atoms with E-state index in [9.17, 15) is 0 Å². The molecule has 7 heteroatoms. The van der Waals surface area contributed by atoms with Gasteiger partial charge in [-0.15, -0.1) is 0 Å². The molecule has 2 fully saturated rings. The van der Waals surface area contributed by atoms with Gasteiger partial charge in [0.25, 0.3) is 0 Å². The van der Waals surface area contributed by atoms with Crippen LogP contribution in [0.2, 0.25) is 5.02 Å². The van der Waals surface area contributed by atoms with E-state index in [1.165, 1.54) is 34.6 Å². The molecule has 212 valence electrons. The molecule has 0 spiro atoms. The molecule has 0 bridgehead atoms. The summed E-state index contributed by atoms with van der Waals surface area (Å²) in [5.74, 6) is 1.30. The van der Waals surface area contributed by atoms with E-state index in [-0.39, 0.29) is 12.1 Å². The van der Waals surface area contributed by atoms with E-state index in [0.717, 1.165) is 35.2 Å². The van der Waals surface area contributed by atoms with Gasteiger partial charge in [0.15, 0.2) is 5.11 Å². The molecule has 0 saturated carbocycles. The van der Waals surface area contributed by atoms with Crippen LogP contribution in [-0.2, 0) is 0 Å². The van der Waals surface area contributed by atoms with Gasteiger partial charge in [-0.05, 0) is 105 Å². The Morgan fingerprint density at radius 1 is 0.902 bits per heavy atom. The molecule has 6 rings (SSSR count). The monoisotopic (exact) mass is 583 g/mol. The van der Waals surface area contributed by atoms with Gasteiger partial charge in [0.05, 0.1) is 28.5 Å². The lowest BCUT2D eigenvalue weighted by molar-refractivity contribution is 0.357. The maximum atomic E-state index is 7.04. The number of hydrogen-bond acceptors (Lipinski definition) is 3. The third kappa shape index (κ3) is 5.13. The van der Waals surface area contributed by atoms with Gasteiger partial charge in [0.1, 0.15) is 0 Å². The van der Waals surface area contributed by atoms with Gasteiger partial charge in [-0.2, -0.15) is 0 Å². The van der Waals surface area contributed by atoms with Gasteiger partial charge in [-0.3, -0.25) is 4.98 Å². The lowest BCUT2D eigenvalue weighted by Crippen LogP contribution is -2.38. The Hall–Kier alpha value is -3.35. The summed E-state index contributed by atoms with van der Waals surface area (Å²) in [6, 6.07) is 23.1. The van der Waals surface area contributed by atoms with Crippen molar-refractivity contribution in [3.05, 3.63) is 106 Å². The van der Waals surface area contributed by atoms with Crippen LogP contribution in [0.1, 0.15) is 60.6 Å². The Balaban J connectivity index is 1.45. The summed E-state index contributed by atoms with van der Waals surface area (Å²) in [4.78, 5) is 9.42. The zero-order valence-corrected chi connectivity index (χ0v) is 26.0. The minimum absolute atomic E-state index is 0.0988. The number of nitrogens with zero attached hydrogens (tertiary/aromatic N) is 4. The molecule has 2 aliphatic heterocycles. The molecule has 4 unspecified atom stereocenters. The molecule has 5 nitrogen and oxygen atoms in total. The van der Waals surface area contributed by atoms with Crippen LogP contribution in [0.5, 0.6) is 0 Å². The first-order chi connectivity index (χ1) is 19.7. The van der Waals surface area contributed by atoms with Crippen molar-refractivity contribution in [3.8, 4) is 5.69 Å². The second kappa shape index (κ2) is 11.1.